The van der Waals surface area contributed by atoms with Crippen molar-refractivity contribution >= 4 is 9.76 Å². The molecule has 0 atom stereocenters. The lowest BCUT2D eigenvalue weighted by molar-refractivity contribution is -0.275. The average molecular weight is 174 g/mol. The minimum atomic E-state index is -0.600. The third kappa shape index (κ3) is 9.88. The first-order valence-electron chi connectivity index (χ1n) is 3.86. The van der Waals surface area contributed by atoms with Gasteiger partial charge < -0.3 is 0 Å². The molecular formula is C8H18O2Si. The van der Waals surface area contributed by atoms with Crippen LogP contribution in [-0.4, -0.2) is 15.4 Å². The third-order valence-corrected chi connectivity index (χ3v) is 2.11. The van der Waals surface area contributed by atoms with Gasteiger partial charge in [0.2, 0.25) is 9.76 Å². The summed E-state index contributed by atoms with van der Waals surface area (Å²) in [5.74, 6) is 0. The number of hydrogen-bond acceptors (Lipinski definition) is 2. The standard InChI is InChI=1S/C8H18O2Si/c1-7(2)6-11-10-9-8(3,4)5/h6H,11H2,1-5H3. The summed E-state index contributed by atoms with van der Waals surface area (Å²) in [6.45, 7) is 10.1. The summed E-state index contributed by atoms with van der Waals surface area (Å²) in [6.07, 6.45) is 0. The Morgan fingerprint density at radius 3 is 2.18 bits per heavy atom. The Hall–Kier alpha value is -0.123. The van der Waals surface area contributed by atoms with Gasteiger partial charge in [0.25, 0.3) is 0 Å². The highest BCUT2D eigenvalue weighted by Crippen LogP contribution is 2.06. The van der Waals surface area contributed by atoms with E-state index in [2.05, 4.69) is 19.5 Å². The van der Waals surface area contributed by atoms with Crippen LogP contribution in [0.5, 0.6) is 0 Å². The molecule has 11 heavy (non-hydrogen) atoms. The van der Waals surface area contributed by atoms with E-state index in [1.807, 2.05) is 20.8 Å². The molecule has 0 aliphatic heterocycles. The second-order valence-electron chi connectivity index (χ2n) is 3.76. The second kappa shape index (κ2) is 4.69. The molecule has 0 saturated carbocycles. The molecule has 0 heterocycles. The number of rotatable bonds is 3. The maximum Gasteiger partial charge on any atom is 0.232 e. The van der Waals surface area contributed by atoms with Crippen molar-refractivity contribution < 1.29 is 9.46 Å². The first-order chi connectivity index (χ1) is 4.92. The van der Waals surface area contributed by atoms with Gasteiger partial charge in [0, 0.05) is 0 Å². The molecule has 0 rings (SSSR count). The molecule has 0 aliphatic rings. The highest BCUT2D eigenvalue weighted by molar-refractivity contribution is 6.34. The van der Waals surface area contributed by atoms with E-state index in [0.29, 0.717) is 0 Å². The zero-order chi connectivity index (χ0) is 8.91. The van der Waals surface area contributed by atoms with E-state index in [4.69, 9.17) is 9.46 Å². The van der Waals surface area contributed by atoms with Gasteiger partial charge in [-0.05, 0) is 34.6 Å². The summed E-state index contributed by atoms with van der Waals surface area (Å²) in [6, 6.07) is 0. The molecular weight excluding hydrogens is 156 g/mol. The van der Waals surface area contributed by atoms with Crippen molar-refractivity contribution in [3.63, 3.8) is 0 Å². The summed E-state index contributed by atoms with van der Waals surface area (Å²) >= 11 is 0. The lowest BCUT2D eigenvalue weighted by atomic mass is 10.2. The summed E-state index contributed by atoms with van der Waals surface area (Å²) in [7, 11) is -0.600. The molecule has 0 radical (unpaired) electrons. The number of hydrogen-bond donors (Lipinski definition) is 0. The lowest BCUT2D eigenvalue weighted by Gasteiger charge is -2.17. The van der Waals surface area contributed by atoms with Gasteiger partial charge in [-0.1, -0.05) is 11.3 Å². The Morgan fingerprint density at radius 1 is 1.27 bits per heavy atom. The van der Waals surface area contributed by atoms with E-state index in [0.717, 1.165) is 0 Å². The molecule has 3 heteroatoms. The molecule has 0 fully saturated rings. The van der Waals surface area contributed by atoms with E-state index in [1.165, 1.54) is 5.57 Å². The quantitative estimate of drug-likeness (QED) is 0.281. The van der Waals surface area contributed by atoms with Crippen LogP contribution in [0.1, 0.15) is 34.6 Å². The topological polar surface area (TPSA) is 18.5 Å². The van der Waals surface area contributed by atoms with Crippen molar-refractivity contribution in [2.75, 3.05) is 0 Å². The van der Waals surface area contributed by atoms with Crippen LogP contribution in [0, 0.1) is 0 Å². The molecule has 0 aliphatic carbocycles. The van der Waals surface area contributed by atoms with E-state index in [-0.39, 0.29) is 5.60 Å². The smallest absolute Gasteiger partial charge is 0.232 e. The van der Waals surface area contributed by atoms with Crippen molar-refractivity contribution in [3.8, 4) is 0 Å². The predicted molar refractivity (Wildman–Crippen MR) is 49.9 cm³/mol. The Labute approximate surface area is 71.5 Å². The van der Waals surface area contributed by atoms with Crippen LogP contribution in [-0.2, 0) is 9.46 Å². The fraction of sp³-hybridized carbons (Fsp3) is 0.750. The zero-order valence-corrected chi connectivity index (χ0v) is 9.52. The van der Waals surface area contributed by atoms with E-state index in [9.17, 15) is 0 Å². The van der Waals surface area contributed by atoms with Crippen molar-refractivity contribution in [3.05, 3.63) is 11.3 Å². The molecule has 0 spiro atoms. The second-order valence-corrected chi connectivity index (χ2v) is 4.74. The molecule has 0 aromatic heterocycles. The number of allylic oxidation sites excluding steroid dienone is 1. The van der Waals surface area contributed by atoms with Gasteiger partial charge in [-0.3, -0.25) is 4.58 Å². The SMILES string of the molecule is CC(C)=C[SiH2]OOC(C)(C)C. The largest absolute Gasteiger partial charge is 0.289 e. The van der Waals surface area contributed by atoms with Crippen molar-refractivity contribution in [1.29, 1.82) is 0 Å². The predicted octanol–water partition coefficient (Wildman–Crippen LogP) is 1.74. The van der Waals surface area contributed by atoms with Gasteiger partial charge in [0.1, 0.15) is 0 Å². The fourth-order valence-corrected chi connectivity index (χ4v) is 1.23. The molecule has 0 N–H and O–H groups in total. The van der Waals surface area contributed by atoms with Crippen LogP contribution in [0.4, 0.5) is 0 Å². The molecule has 0 amide bonds. The minimum absolute atomic E-state index is 0.178. The Morgan fingerprint density at radius 2 is 1.82 bits per heavy atom. The average Bonchev–Trinajstić information content (AvgIpc) is 1.78. The maximum atomic E-state index is 5.10. The highest BCUT2D eigenvalue weighted by Gasteiger charge is 2.09. The van der Waals surface area contributed by atoms with Gasteiger partial charge in [-0.25, -0.2) is 4.89 Å². The molecule has 0 aromatic rings. The minimum Gasteiger partial charge on any atom is -0.289 e. The van der Waals surface area contributed by atoms with Gasteiger partial charge in [-0.15, -0.1) is 0 Å². The Bertz CT molecular complexity index is 132. The van der Waals surface area contributed by atoms with Crippen molar-refractivity contribution in [2.24, 2.45) is 0 Å². The Kier molecular flexibility index (Phi) is 4.64. The highest BCUT2D eigenvalue weighted by atomic mass is 28.2. The molecule has 66 valence electrons. The Balaban J connectivity index is 3.36. The summed E-state index contributed by atoms with van der Waals surface area (Å²) < 4.78 is 5.07. The first kappa shape index (κ1) is 10.9. The molecule has 0 saturated heterocycles. The maximum absolute atomic E-state index is 5.10. The van der Waals surface area contributed by atoms with Crippen LogP contribution in [0.25, 0.3) is 0 Å². The monoisotopic (exact) mass is 174 g/mol. The van der Waals surface area contributed by atoms with Crippen LogP contribution < -0.4 is 0 Å². The van der Waals surface area contributed by atoms with Crippen LogP contribution in [0.3, 0.4) is 0 Å². The van der Waals surface area contributed by atoms with Gasteiger partial charge in [-0.2, -0.15) is 0 Å². The van der Waals surface area contributed by atoms with E-state index >= 15 is 0 Å². The summed E-state index contributed by atoms with van der Waals surface area (Å²) in [4.78, 5) is 5.10. The van der Waals surface area contributed by atoms with Crippen molar-refractivity contribution in [1.82, 2.24) is 0 Å². The third-order valence-electron chi connectivity index (χ3n) is 0.869. The van der Waals surface area contributed by atoms with E-state index < -0.39 is 9.76 Å². The molecule has 0 aromatic carbocycles. The van der Waals surface area contributed by atoms with Gasteiger partial charge in [0.15, 0.2) is 0 Å². The summed E-state index contributed by atoms with van der Waals surface area (Å²) in [5, 5.41) is 0. The van der Waals surface area contributed by atoms with Crippen molar-refractivity contribution in [2.45, 2.75) is 40.2 Å². The van der Waals surface area contributed by atoms with Crippen LogP contribution in [0.15, 0.2) is 11.3 Å². The first-order valence-corrected chi connectivity index (χ1v) is 5.25. The fourth-order valence-electron chi connectivity index (χ4n) is 0.411. The van der Waals surface area contributed by atoms with E-state index in [1.54, 1.807) is 0 Å². The van der Waals surface area contributed by atoms with Crippen LogP contribution >= 0.6 is 0 Å². The molecule has 0 unspecified atom stereocenters. The summed E-state index contributed by atoms with van der Waals surface area (Å²) in [5.41, 5.74) is 3.24. The normalized spacial score (nSPS) is 12.5. The van der Waals surface area contributed by atoms with Crippen LogP contribution in [0.2, 0.25) is 0 Å². The van der Waals surface area contributed by atoms with Gasteiger partial charge in [0.05, 0.1) is 5.60 Å². The lowest BCUT2D eigenvalue weighted by Crippen LogP contribution is -2.20. The van der Waals surface area contributed by atoms with Gasteiger partial charge >= 0.3 is 0 Å². The molecule has 0 bridgehead atoms. The molecule has 2 nitrogen and oxygen atoms in total. The zero-order valence-electron chi connectivity index (χ0n) is 8.10.